The standard InChI is InChI=1S/C11H15BrN2/c1-9(12)8-14(3)10(2)11-6-4-5-7-13-11/h4-7,10H,1,8H2,2-3H3. The summed E-state index contributed by atoms with van der Waals surface area (Å²) in [4.78, 5) is 6.51. The van der Waals surface area contributed by atoms with Crippen molar-refractivity contribution >= 4 is 15.9 Å². The molecule has 0 spiro atoms. The van der Waals surface area contributed by atoms with E-state index in [0.29, 0.717) is 6.04 Å². The molecular formula is C11H15BrN2. The maximum Gasteiger partial charge on any atom is 0.0572 e. The van der Waals surface area contributed by atoms with Gasteiger partial charge in [-0.15, -0.1) is 0 Å². The average molecular weight is 255 g/mol. The third kappa shape index (κ3) is 3.24. The fourth-order valence-corrected chi connectivity index (χ4v) is 1.65. The molecule has 0 aliphatic carbocycles. The molecule has 0 saturated carbocycles. The van der Waals surface area contributed by atoms with Crippen LogP contribution in [0.5, 0.6) is 0 Å². The summed E-state index contributed by atoms with van der Waals surface area (Å²) in [5.74, 6) is 0. The Morgan fingerprint density at radius 1 is 1.64 bits per heavy atom. The monoisotopic (exact) mass is 254 g/mol. The van der Waals surface area contributed by atoms with Gasteiger partial charge in [0.2, 0.25) is 0 Å². The minimum absolute atomic E-state index is 0.311. The normalized spacial score (nSPS) is 12.9. The Bertz CT molecular complexity index is 297. The second-order valence-corrected chi connectivity index (χ2v) is 4.48. The van der Waals surface area contributed by atoms with Gasteiger partial charge in [-0.05, 0) is 26.1 Å². The molecule has 0 aromatic carbocycles. The highest BCUT2D eigenvalue weighted by atomic mass is 79.9. The van der Waals surface area contributed by atoms with E-state index in [1.165, 1.54) is 0 Å². The van der Waals surface area contributed by atoms with E-state index in [0.717, 1.165) is 16.7 Å². The lowest BCUT2D eigenvalue weighted by Crippen LogP contribution is -2.24. The van der Waals surface area contributed by atoms with Crippen LogP contribution in [0.1, 0.15) is 18.7 Å². The first kappa shape index (κ1) is 11.4. The number of halogens is 1. The highest BCUT2D eigenvalue weighted by Gasteiger charge is 2.11. The van der Waals surface area contributed by atoms with E-state index in [1.54, 1.807) is 0 Å². The summed E-state index contributed by atoms with van der Waals surface area (Å²) in [5.41, 5.74) is 1.09. The van der Waals surface area contributed by atoms with Crippen molar-refractivity contribution in [2.24, 2.45) is 0 Å². The third-order valence-electron chi connectivity index (χ3n) is 2.20. The number of aromatic nitrogens is 1. The van der Waals surface area contributed by atoms with Gasteiger partial charge < -0.3 is 0 Å². The van der Waals surface area contributed by atoms with Crippen molar-refractivity contribution in [3.05, 3.63) is 41.2 Å². The van der Waals surface area contributed by atoms with E-state index >= 15 is 0 Å². The first-order chi connectivity index (χ1) is 6.61. The van der Waals surface area contributed by atoms with Crippen molar-refractivity contribution < 1.29 is 0 Å². The smallest absolute Gasteiger partial charge is 0.0572 e. The van der Waals surface area contributed by atoms with E-state index in [1.807, 2.05) is 24.4 Å². The number of pyridine rings is 1. The van der Waals surface area contributed by atoms with E-state index in [4.69, 9.17) is 0 Å². The topological polar surface area (TPSA) is 16.1 Å². The second kappa shape index (κ2) is 5.27. The Kier molecular flexibility index (Phi) is 4.29. The van der Waals surface area contributed by atoms with Gasteiger partial charge in [-0.25, -0.2) is 0 Å². The number of rotatable bonds is 4. The lowest BCUT2D eigenvalue weighted by atomic mass is 10.2. The Labute approximate surface area is 93.8 Å². The minimum Gasteiger partial charge on any atom is -0.293 e. The molecule has 0 fully saturated rings. The SMILES string of the molecule is C=C(Br)CN(C)C(C)c1ccccn1. The van der Waals surface area contributed by atoms with Gasteiger partial charge in [0.05, 0.1) is 5.69 Å². The second-order valence-electron chi connectivity index (χ2n) is 3.36. The van der Waals surface area contributed by atoms with Crippen LogP contribution in [0.25, 0.3) is 0 Å². The molecule has 3 heteroatoms. The summed E-state index contributed by atoms with van der Waals surface area (Å²) in [5, 5.41) is 0. The molecule has 0 aliphatic rings. The summed E-state index contributed by atoms with van der Waals surface area (Å²) in [6.07, 6.45) is 1.82. The molecular weight excluding hydrogens is 240 g/mol. The van der Waals surface area contributed by atoms with Crippen LogP contribution in [0.4, 0.5) is 0 Å². The van der Waals surface area contributed by atoms with Gasteiger partial charge in [-0.2, -0.15) is 0 Å². The van der Waals surface area contributed by atoms with Crippen LogP contribution in [-0.2, 0) is 0 Å². The first-order valence-corrected chi connectivity index (χ1v) is 5.35. The number of hydrogen-bond donors (Lipinski definition) is 0. The lowest BCUT2D eigenvalue weighted by molar-refractivity contribution is 0.283. The molecule has 0 amide bonds. The van der Waals surface area contributed by atoms with E-state index in [2.05, 4.69) is 46.4 Å². The van der Waals surface area contributed by atoms with Gasteiger partial charge in [0.25, 0.3) is 0 Å². The van der Waals surface area contributed by atoms with Gasteiger partial charge >= 0.3 is 0 Å². The van der Waals surface area contributed by atoms with Crippen molar-refractivity contribution in [2.75, 3.05) is 13.6 Å². The van der Waals surface area contributed by atoms with Crippen LogP contribution in [-0.4, -0.2) is 23.5 Å². The van der Waals surface area contributed by atoms with Gasteiger partial charge in [0.15, 0.2) is 0 Å². The van der Waals surface area contributed by atoms with Crippen molar-refractivity contribution in [3.8, 4) is 0 Å². The zero-order valence-electron chi connectivity index (χ0n) is 8.57. The highest BCUT2D eigenvalue weighted by molar-refractivity contribution is 9.11. The predicted octanol–water partition coefficient (Wildman–Crippen LogP) is 2.98. The van der Waals surface area contributed by atoms with Crippen LogP contribution < -0.4 is 0 Å². The number of nitrogens with zero attached hydrogens (tertiary/aromatic N) is 2. The highest BCUT2D eigenvalue weighted by Crippen LogP contribution is 2.17. The molecule has 14 heavy (non-hydrogen) atoms. The predicted molar refractivity (Wildman–Crippen MR) is 63.3 cm³/mol. The summed E-state index contributed by atoms with van der Waals surface area (Å²) >= 11 is 3.36. The molecule has 1 aromatic heterocycles. The lowest BCUT2D eigenvalue weighted by Gasteiger charge is -2.23. The van der Waals surface area contributed by atoms with Crippen LogP contribution in [0.15, 0.2) is 35.5 Å². The molecule has 0 aliphatic heterocycles. The van der Waals surface area contributed by atoms with Crippen LogP contribution in [0.2, 0.25) is 0 Å². The molecule has 1 atom stereocenters. The van der Waals surface area contributed by atoms with E-state index in [9.17, 15) is 0 Å². The fourth-order valence-electron chi connectivity index (χ4n) is 1.26. The van der Waals surface area contributed by atoms with Crippen LogP contribution >= 0.6 is 15.9 Å². The quantitative estimate of drug-likeness (QED) is 0.822. The summed E-state index contributed by atoms with van der Waals surface area (Å²) in [7, 11) is 2.06. The Morgan fingerprint density at radius 2 is 2.36 bits per heavy atom. The van der Waals surface area contributed by atoms with Crippen molar-refractivity contribution in [3.63, 3.8) is 0 Å². The van der Waals surface area contributed by atoms with Crippen LogP contribution in [0.3, 0.4) is 0 Å². The minimum atomic E-state index is 0.311. The summed E-state index contributed by atoms with van der Waals surface area (Å²) in [6, 6.07) is 6.29. The largest absolute Gasteiger partial charge is 0.293 e. The summed E-state index contributed by atoms with van der Waals surface area (Å²) in [6.45, 7) is 6.79. The van der Waals surface area contributed by atoms with Gasteiger partial charge in [-0.3, -0.25) is 9.88 Å². The van der Waals surface area contributed by atoms with Crippen molar-refractivity contribution in [1.82, 2.24) is 9.88 Å². The average Bonchev–Trinajstić information content (AvgIpc) is 2.17. The Hall–Kier alpha value is -0.670. The fraction of sp³-hybridized carbons (Fsp3) is 0.364. The molecule has 0 radical (unpaired) electrons. The zero-order valence-corrected chi connectivity index (χ0v) is 10.2. The van der Waals surface area contributed by atoms with Crippen molar-refractivity contribution in [2.45, 2.75) is 13.0 Å². The third-order valence-corrected chi connectivity index (χ3v) is 2.45. The zero-order chi connectivity index (χ0) is 10.6. The molecule has 1 unspecified atom stereocenters. The molecule has 0 bridgehead atoms. The number of hydrogen-bond acceptors (Lipinski definition) is 2. The van der Waals surface area contributed by atoms with Crippen LogP contribution in [0, 0.1) is 0 Å². The maximum absolute atomic E-state index is 4.32. The number of likely N-dealkylation sites (N-methyl/N-ethyl adjacent to an activating group) is 1. The molecule has 2 nitrogen and oxygen atoms in total. The molecule has 0 saturated heterocycles. The van der Waals surface area contributed by atoms with Crippen molar-refractivity contribution in [1.29, 1.82) is 0 Å². The Morgan fingerprint density at radius 3 is 2.86 bits per heavy atom. The molecule has 1 rings (SSSR count). The van der Waals surface area contributed by atoms with Gasteiger partial charge in [0, 0.05) is 23.3 Å². The van der Waals surface area contributed by atoms with Gasteiger partial charge in [-0.1, -0.05) is 28.6 Å². The Balaban J connectivity index is 2.65. The molecule has 1 heterocycles. The maximum atomic E-state index is 4.32. The van der Waals surface area contributed by atoms with E-state index in [-0.39, 0.29) is 0 Å². The summed E-state index contributed by atoms with van der Waals surface area (Å²) < 4.78 is 0.989. The molecule has 76 valence electrons. The molecule has 0 N–H and O–H groups in total. The molecule has 1 aromatic rings. The van der Waals surface area contributed by atoms with Gasteiger partial charge in [0.1, 0.15) is 0 Å². The first-order valence-electron chi connectivity index (χ1n) is 4.55. The van der Waals surface area contributed by atoms with E-state index < -0.39 is 0 Å².